The Balaban J connectivity index is 1.70. The number of H-pyrrole nitrogens is 1. The molecule has 5 heteroatoms. The van der Waals surface area contributed by atoms with Crippen LogP contribution in [0.4, 0.5) is 4.39 Å². The van der Waals surface area contributed by atoms with E-state index in [4.69, 9.17) is 0 Å². The number of aromatic amines is 1. The lowest BCUT2D eigenvalue weighted by atomic mass is 9.84. The first-order valence-corrected chi connectivity index (χ1v) is 8.20. The average molecular weight is 325 g/mol. The third-order valence-corrected chi connectivity index (χ3v) is 5.07. The molecule has 0 amide bonds. The van der Waals surface area contributed by atoms with Gasteiger partial charge >= 0.3 is 0 Å². The van der Waals surface area contributed by atoms with Crippen LogP contribution in [0, 0.1) is 5.82 Å². The van der Waals surface area contributed by atoms with Crippen molar-refractivity contribution in [3.8, 4) is 11.1 Å². The van der Waals surface area contributed by atoms with Crippen molar-refractivity contribution in [3.63, 3.8) is 0 Å². The number of pyridine rings is 1. The van der Waals surface area contributed by atoms with Crippen molar-refractivity contribution in [2.75, 3.05) is 20.1 Å². The van der Waals surface area contributed by atoms with E-state index < -0.39 is 5.60 Å². The van der Waals surface area contributed by atoms with Gasteiger partial charge in [0.1, 0.15) is 5.65 Å². The predicted octanol–water partition coefficient (Wildman–Crippen LogP) is 3.28. The molecule has 4 nitrogen and oxygen atoms in total. The summed E-state index contributed by atoms with van der Waals surface area (Å²) in [7, 11) is 2.07. The standard InChI is InChI=1S/C19H20FN3O/c1-23-10-7-19(24,8-11-23)14-4-2-13(3-5-14)15-6-9-21-18-17(15)16(20)12-22-18/h2-6,9,12,24H,7-8,10-11H2,1H3,(H,21,22). The molecule has 2 aromatic heterocycles. The molecule has 3 aromatic rings. The molecule has 0 saturated carbocycles. The fraction of sp³-hybridized carbons (Fsp3) is 0.316. The van der Waals surface area contributed by atoms with Crippen LogP contribution >= 0.6 is 0 Å². The van der Waals surface area contributed by atoms with Crippen molar-refractivity contribution < 1.29 is 9.50 Å². The van der Waals surface area contributed by atoms with Crippen LogP contribution in [0.5, 0.6) is 0 Å². The quantitative estimate of drug-likeness (QED) is 0.760. The van der Waals surface area contributed by atoms with Crippen molar-refractivity contribution in [2.45, 2.75) is 18.4 Å². The number of hydrogen-bond acceptors (Lipinski definition) is 3. The van der Waals surface area contributed by atoms with Gasteiger partial charge in [0.05, 0.1) is 11.0 Å². The second kappa shape index (κ2) is 5.69. The number of aromatic nitrogens is 2. The Morgan fingerprint density at radius 2 is 1.88 bits per heavy atom. The Morgan fingerprint density at radius 1 is 1.17 bits per heavy atom. The van der Waals surface area contributed by atoms with Crippen LogP contribution in [0.2, 0.25) is 0 Å². The van der Waals surface area contributed by atoms with Crippen LogP contribution in [0.3, 0.4) is 0 Å². The molecule has 1 aliphatic heterocycles. The van der Waals surface area contributed by atoms with Gasteiger partial charge in [0.15, 0.2) is 5.82 Å². The number of nitrogens with zero attached hydrogens (tertiary/aromatic N) is 2. The molecule has 0 bridgehead atoms. The maximum Gasteiger partial charge on any atom is 0.150 e. The molecule has 24 heavy (non-hydrogen) atoms. The fourth-order valence-corrected chi connectivity index (χ4v) is 3.49. The highest BCUT2D eigenvalue weighted by molar-refractivity contribution is 5.93. The number of halogens is 1. The Bertz CT molecular complexity index is 864. The first-order valence-electron chi connectivity index (χ1n) is 8.20. The van der Waals surface area contributed by atoms with E-state index in [1.165, 1.54) is 6.20 Å². The SMILES string of the molecule is CN1CCC(O)(c2ccc(-c3ccnc4[nH]cc(F)c34)cc2)CC1. The molecule has 0 spiro atoms. The lowest BCUT2D eigenvalue weighted by Gasteiger charge is -2.37. The second-order valence-corrected chi connectivity index (χ2v) is 6.63. The van der Waals surface area contributed by atoms with Crippen LogP contribution in [0.15, 0.2) is 42.7 Å². The largest absolute Gasteiger partial charge is 0.385 e. The highest BCUT2D eigenvalue weighted by Gasteiger charge is 2.32. The van der Waals surface area contributed by atoms with Gasteiger partial charge in [-0.2, -0.15) is 0 Å². The third kappa shape index (κ3) is 2.50. The predicted molar refractivity (Wildman–Crippen MR) is 92.1 cm³/mol. The smallest absolute Gasteiger partial charge is 0.150 e. The number of nitrogens with one attached hydrogen (secondary N) is 1. The summed E-state index contributed by atoms with van der Waals surface area (Å²) in [4.78, 5) is 9.22. The van der Waals surface area contributed by atoms with Crippen molar-refractivity contribution in [3.05, 3.63) is 54.1 Å². The summed E-state index contributed by atoms with van der Waals surface area (Å²) in [5.74, 6) is -0.300. The zero-order chi connectivity index (χ0) is 16.7. The molecule has 0 aliphatic carbocycles. The van der Waals surface area contributed by atoms with Gasteiger partial charge in [0.2, 0.25) is 0 Å². The Kier molecular flexibility index (Phi) is 3.62. The van der Waals surface area contributed by atoms with E-state index in [9.17, 15) is 9.50 Å². The minimum absolute atomic E-state index is 0.300. The summed E-state index contributed by atoms with van der Waals surface area (Å²) in [6, 6.07) is 9.63. The molecule has 1 fully saturated rings. The van der Waals surface area contributed by atoms with E-state index in [0.29, 0.717) is 11.0 Å². The topological polar surface area (TPSA) is 52.1 Å². The summed E-state index contributed by atoms with van der Waals surface area (Å²) in [6.07, 6.45) is 4.46. The molecule has 1 aliphatic rings. The zero-order valence-corrected chi connectivity index (χ0v) is 13.6. The van der Waals surface area contributed by atoms with Crippen LogP contribution in [-0.2, 0) is 5.60 Å². The van der Waals surface area contributed by atoms with Gasteiger partial charge in [-0.25, -0.2) is 9.37 Å². The van der Waals surface area contributed by atoms with Crippen molar-refractivity contribution >= 4 is 11.0 Å². The summed E-state index contributed by atoms with van der Waals surface area (Å²) in [5.41, 5.74) is 2.43. The van der Waals surface area contributed by atoms with Crippen molar-refractivity contribution in [2.24, 2.45) is 0 Å². The lowest BCUT2D eigenvalue weighted by molar-refractivity contribution is -0.0203. The highest BCUT2D eigenvalue weighted by Crippen LogP contribution is 2.35. The third-order valence-electron chi connectivity index (χ3n) is 5.07. The Morgan fingerprint density at radius 3 is 2.58 bits per heavy atom. The Hall–Kier alpha value is -2.24. The monoisotopic (exact) mass is 325 g/mol. The van der Waals surface area contributed by atoms with Crippen LogP contribution in [0.1, 0.15) is 18.4 Å². The van der Waals surface area contributed by atoms with E-state index in [1.54, 1.807) is 6.20 Å². The highest BCUT2D eigenvalue weighted by atomic mass is 19.1. The molecule has 1 saturated heterocycles. The molecular formula is C19H20FN3O. The summed E-state index contributed by atoms with van der Waals surface area (Å²) >= 11 is 0. The summed E-state index contributed by atoms with van der Waals surface area (Å²) < 4.78 is 14.0. The van der Waals surface area contributed by atoms with Gasteiger partial charge < -0.3 is 15.0 Å². The molecule has 2 N–H and O–H groups in total. The van der Waals surface area contributed by atoms with E-state index in [0.717, 1.165) is 42.6 Å². The van der Waals surface area contributed by atoms with E-state index in [2.05, 4.69) is 21.9 Å². The molecule has 0 unspecified atom stereocenters. The Labute approximate surface area is 140 Å². The number of likely N-dealkylation sites (tertiary alicyclic amines) is 1. The minimum Gasteiger partial charge on any atom is -0.385 e. The number of hydrogen-bond donors (Lipinski definition) is 2. The second-order valence-electron chi connectivity index (χ2n) is 6.63. The zero-order valence-electron chi connectivity index (χ0n) is 13.6. The van der Waals surface area contributed by atoms with E-state index in [1.807, 2.05) is 30.3 Å². The fourth-order valence-electron chi connectivity index (χ4n) is 3.49. The van der Waals surface area contributed by atoms with Crippen molar-refractivity contribution in [1.29, 1.82) is 0 Å². The minimum atomic E-state index is -0.766. The maximum absolute atomic E-state index is 14.0. The molecule has 4 rings (SSSR count). The van der Waals surface area contributed by atoms with Gasteiger partial charge in [0.25, 0.3) is 0 Å². The van der Waals surface area contributed by atoms with Gasteiger partial charge in [-0.1, -0.05) is 24.3 Å². The van der Waals surface area contributed by atoms with Gasteiger partial charge in [-0.15, -0.1) is 0 Å². The molecule has 124 valence electrons. The number of rotatable bonds is 2. The molecule has 3 heterocycles. The van der Waals surface area contributed by atoms with Gasteiger partial charge in [0, 0.05) is 25.5 Å². The number of piperidine rings is 1. The molecule has 0 atom stereocenters. The molecule has 1 aromatic carbocycles. The molecular weight excluding hydrogens is 305 g/mol. The number of fused-ring (bicyclic) bond motifs is 1. The first-order chi connectivity index (χ1) is 11.6. The van der Waals surface area contributed by atoms with Crippen LogP contribution < -0.4 is 0 Å². The van der Waals surface area contributed by atoms with Gasteiger partial charge in [-0.05, 0) is 42.6 Å². The first kappa shape index (κ1) is 15.3. The summed E-state index contributed by atoms with van der Waals surface area (Å²) in [5, 5.41) is 11.4. The van der Waals surface area contributed by atoms with Crippen LogP contribution in [0.25, 0.3) is 22.2 Å². The van der Waals surface area contributed by atoms with Crippen LogP contribution in [-0.4, -0.2) is 40.1 Å². The summed E-state index contributed by atoms with van der Waals surface area (Å²) in [6.45, 7) is 1.77. The van der Waals surface area contributed by atoms with E-state index in [-0.39, 0.29) is 5.82 Å². The van der Waals surface area contributed by atoms with E-state index >= 15 is 0 Å². The normalized spacial score (nSPS) is 18.1. The number of benzene rings is 1. The maximum atomic E-state index is 14.0. The van der Waals surface area contributed by atoms with Crippen molar-refractivity contribution in [1.82, 2.24) is 14.9 Å². The average Bonchev–Trinajstić information content (AvgIpc) is 2.99. The van der Waals surface area contributed by atoms with Gasteiger partial charge in [-0.3, -0.25) is 0 Å². The number of aliphatic hydroxyl groups is 1. The molecule has 0 radical (unpaired) electrons. The lowest BCUT2D eigenvalue weighted by Crippen LogP contribution is -2.40.